The molecule has 2 atom stereocenters. The summed E-state index contributed by atoms with van der Waals surface area (Å²) in [7, 11) is 2.10. The second-order valence-electron chi connectivity index (χ2n) is 5.16. The van der Waals surface area contributed by atoms with Crippen molar-refractivity contribution in [2.75, 3.05) is 19.3 Å². The highest BCUT2D eigenvalue weighted by Gasteiger charge is 2.34. The van der Waals surface area contributed by atoms with Gasteiger partial charge in [0.2, 0.25) is 0 Å². The van der Waals surface area contributed by atoms with Gasteiger partial charge in [-0.25, -0.2) is 0 Å². The third kappa shape index (κ3) is 1.43. The predicted octanol–water partition coefficient (Wildman–Crippen LogP) is 1.10. The highest BCUT2D eigenvalue weighted by molar-refractivity contribution is 5.53. The summed E-state index contributed by atoms with van der Waals surface area (Å²) in [6.45, 7) is 1.92. The van der Waals surface area contributed by atoms with Crippen LogP contribution >= 0.6 is 0 Å². The van der Waals surface area contributed by atoms with E-state index in [1.807, 2.05) is 0 Å². The van der Waals surface area contributed by atoms with Gasteiger partial charge in [0.25, 0.3) is 0 Å². The molecule has 0 saturated carbocycles. The number of likely N-dealkylation sites (N-methyl/N-ethyl adjacent to an activating group) is 1. The molecular weight excluding hydrogens is 200 g/mol. The molecule has 3 nitrogen and oxygen atoms in total. The average Bonchev–Trinajstić information content (AvgIpc) is 2.22. The molecule has 1 aliphatic heterocycles. The van der Waals surface area contributed by atoms with Crippen molar-refractivity contribution in [2.24, 2.45) is 0 Å². The monoisotopic (exact) mass is 218 g/mol. The van der Waals surface area contributed by atoms with E-state index in [2.05, 4.69) is 24.1 Å². The van der Waals surface area contributed by atoms with Gasteiger partial charge in [-0.05, 0) is 48.7 Å². The molecule has 86 valence electrons. The largest absolute Gasteiger partial charge is 0.399 e. The van der Waals surface area contributed by atoms with E-state index in [-0.39, 0.29) is 12.0 Å². The Hall–Kier alpha value is -1.06. The Bertz CT molecular complexity index is 430. The van der Waals surface area contributed by atoms with Crippen molar-refractivity contribution in [3.8, 4) is 0 Å². The number of nitrogen functional groups attached to an aromatic ring is 1. The van der Waals surface area contributed by atoms with Crippen LogP contribution < -0.4 is 5.73 Å². The summed E-state index contributed by atoms with van der Waals surface area (Å²) in [5.41, 5.74) is 10.8. The maximum absolute atomic E-state index is 10.1. The number of aryl methyl sites for hydroxylation is 1. The van der Waals surface area contributed by atoms with E-state index in [4.69, 9.17) is 5.73 Å². The first-order valence-corrected chi connectivity index (χ1v) is 5.93. The molecule has 0 radical (unpaired) electrons. The van der Waals surface area contributed by atoms with E-state index in [1.165, 1.54) is 16.7 Å². The van der Waals surface area contributed by atoms with Crippen LogP contribution in [-0.2, 0) is 13.0 Å². The minimum absolute atomic E-state index is 0.183. The van der Waals surface area contributed by atoms with Crippen molar-refractivity contribution in [3.05, 3.63) is 28.8 Å². The molecule has 0 saturated heterocycles. The van der Waals surface area contributed by atoms with Crippen LogP contribution in [0.25, 0.3) is 0 Å². The van der Waals surface area contributed by atoms with Crippen molar-refractivity contribution in [2.45, 2.75) is 31.4 Å². The summed E-state index contributed by atoms with van der Waals surface area (Å²) < 4.78 is 0. The van der Waals surface area contributed by atoms with Crippen LogP contribution in [0.3, 0.4) is 0 Å². The van der Waals surface area contributed by atoms with Crippen LogP contribution in [0.2, 0.25) is 0 Å². The number of nitrogens with two attached hydrogens (primary N) is 1. The first-order chi connectivity index (χ1) is 7.65. The Balaban J connectivity index is 2.17. The highest BCUT2D eigenvalue weighted by Crippen LogP contribution is 2.39. The van der Waals surface area contributed by atoms with Gasteiger partial charge >= 0.3 is 0 Å². The fourth-order valence-electron chi connectivity index (χ4n) is 3.22. The number of hydrogen-bond acceptors (Lipinski definition) is 3. The molecule has 2 unspecified atom stereocenters. The maximum Gasteiger partial charge on any atom is 0.0624 e. The van der Waals surface area contributed by atoms with Crippen molar-refractivity contribution >= 4 is 5.69 Å². The van der Waals surface area contributed by atoms with Gasteiger partial charge in [-0.3, -0.25) is 0 Å². The van der Waals surface area contributed by atoms with Gasteiger partial charge in [-0.15, -0.1) is 0 Å². The Morgan fingerprint density at radius 3 is 2.94 bits per heavy atom. The van der Waals surface area contributed by atoms with Crippen molar-refractivity contribution in [3.63, 3.8) is 0 Å². The van der Waals surface area contributed by atoms with Crippen LogP contribution in [-0.4, -0.2) is 29.7 Å². The molecule has 0 aromatic heterocycles. The van der Waals surface area contributed by atoms with E-state index in [0.717, 1.165) is 31.6 Å². The second kappa shape index (κ2) is 3.47. The van der Waals surface area contributed by atoms with Crippen molar-refractivity contribution in [1.82, 2.24) is 4.90 Å². The lowest BCUT2D eigenvalue weighted by Gasteiger charge is -2.39. The van der Waals surface area contributed by atoms with Gasteiger partial charge < -0.3 is 15.7 Å². The van der Waals surface area contributed by atoms with Gasteiger partial charge in [0.15, 0.2) is 0 Å². The highest BCUT2D eigenvalue weighted by atomic mass is 16.3. The van der Waals surface area contributed by atoms with Crippen molar-refractivity contribution < 1.29 is 5.11 Å². The average molecular weight is 218 g/mol. The molecule has 1 aromatic rings. The summed E-state index contributed by atoms with van der Waals surface area (Å²) in [6.07, 6.45) is 1.65. The lowest BCUT2D eigenvalue weighted by molar-refractivity contribution is 0.0972. The number of aliphatic hydroxyl groups excluding tert-OH is 1. The third-order valence-electron chi connectivity index (χ3n) is 3.87. The maximum atomic E-state index is 10.1. The van der Waals surface area contributed by atoms with E-state index >= 15 is 0 Å². The molecule has 1 aliphatic carbocycles. The van der Waals surface area contributed by atoms with Crippen molar-refractivity contribution in [1.29, 1.82) is 0 Å². The molecule has 3 N–H and O–H groups in total. The predicted molar refractivity (Wildman–Crippen MR) is 64.3 cm³/mol. The normalized spacial score (nSPS) is 28.9. The molecule has 1 aromatic carbocycles. The van der Waals surface area contributed by atoms with E-state index < -0.39 is 0 Å². The third-order valence-corrected chi connectivity index (χ3v) is 3.87. The van der Waals surface area contributed by atoms with Crippen LogP contribution in [0.1, 0.15) is 29.0 Å². The van der Waals surface area contributed by atoms with Gasteiger partial charge in [-0.2, -0.15) is 0 Å². The number of nitrogens with zero attached hydrogens (tertiary/aromatic N) is 1. The van der Waals surface area contributed by atoms with Gasteiger partial charge in [0.1, 0.15) is 0 Å². The van der Waals surface area contributed by atoms with Crippen LogP contribution in [0.15, 0.2) is 12.1 Å². The van der Waals surface area contributed by atoms with Gasteiger partial charge in [0, 0.05) is 24.7 Å². The summed E-state index contributed by atoms with van der Waals surface area (Å²) in [4.78, 5) is 2.27. The zero-order valence-electron chi connectivity index (χ0n) is 9.61. The molecule has 16 heavy (non-hydrogen) atoms. The topological polar surface area (TPSA) is 49.5 Å². The molecule has 3 heteroatoms. The number of aliphatic hydroxyl groups is 1. The molecule has 0 amide bonds. The van der Waals surface area contributed by atoms with Crippen LogP contribution in [0.4, 0.5) is 5.69 Å². The SMILES string of the molecule is CN1Cc2cc(N)cc3c2C(C1)C(O)CC3. The van der Waals surface area contributed by atoms with Crippen LogP contribution in [0.5, 0.6) is 0 Å². The fourth-order valence-corrected chi connectivity index (χ4v) is 3.22. The van der Waals surface area contributed by atoms with E-state index in [1.54, 1.807) is 0 Å². The van der Waals surface area contributed by atoms with Gasteiger partial charge in [-0.1, -0.05) is 0 Å². The van der Waals surface area contributed by atoms with Crippen LogP contribution in [0, 0.1) is 0 Å². The molecule has 1 heterocycles. The number of hydrogen-bond donors (Lipinski definition) is 2. The Labute approximate surface area is 95.9 Å². The zero-order chi connectivity index (χ0) is 11.3. The molecule has 3 rings (SSSR count). The number of benzene rings is 1. The zero-order valence-corrected chi connectivity index (χ0v) is 9.61. The Morgan fingerprint density at radius 1 is 1.38 bits per heavy atom. The molecular formula is C13H18N2O. The standard InChI is InChI=1S/C13H18N2O/c1-15-6-9-5-10(14)4-8-2-3-12(16)11(7-15)13(8)9/h4-5,11-12,16H,2-3,6-7,14H2,1H3. The molecule has 0 fully saturated rings. The fraction of sp³-hybridized carbons (Fsp3) is 0.538. The summed E-state index contributed by atoms with van der Waals surface area (Å²) >= 11 is 0. The number of rotatable bonds is 0. The van der Waals surface area contributed by atoms with E-state index in [9.17, 15) is 5.11 Å². The molecule has 0 bridgehead atoms. The Morgan fingerprint density at radius 2 is 2.12 bits per heavy atom. The second-order valence-corrected chi connectivity index (χ2v) is 5.16. The van der Waals surface area contributed by atoms with Gasteiger partial charge in [0.05, 0.1) is 6.10 Å². The lowest BCUT2D eigenvalue weighted by Crippen LogP contribution is -2.39. The number of anilines is 1. The smallest absolute Gasteiger partial charge is 0.0624 e. The lowest BCUT2D eigenvalue weighted by atomic mass is 9.76. The summed E-state index contributed by atoms with van der Waals surface area (Å²) in [5, 5.41) is 10.1. The molecule has 2 aliphatic rings. The first-order valence-electron chi connectivity index (χ1n) is 5.93. The molecule has 0 spiro atoms. The minimum Gasteiger partial charge on any atom is -0.399 e. The minimum atomic E-state index is -0.183. The summed E-state index contributed by atoms with van der Waals surface area (Å²) in [6, 6.07) is 4.16. The Kier molecular flexibility index (Phi) is 2.19. The van der Waals surface area contributed by atoms with E-state index in [0.29, 0.717) is 0 Å². The summed E-state index contributed by atoms with van der Waals surface area (Å²) in [5.74, 6) is 0.290. The quantitative estimate of drug-likeness (QED) is 0.641. The first kappa shape index (κ1) is 10.1.